The van der Waals surface area contributed by atoms with E-state index in [-0.39, 0.29) is 42.6 Å². The zero-order chi connectivity index (χ0) is 17.7. The maximum Gasteiger partial charge on any atom is 0.0718 e. The van der Waals surface area contributed by atoms with Gasteiger partial charge in [0.15, 0.2) is 0 Å². The predicted octanol–water partition coefficient (Wildman–Crippen LogP) is -0.710. The predicted molar refractivity (Wildman–Crippen MR) is 82.1 cm³/mol. The number of carboxylic acids is 2. The van der Waals surface area contributed by atoms with E-state index in [9.17, 15) is 30.0 Å². The Balaban J connectivity index is 2.35. The molecule has 1 aromatic rings. The molecule has 0 unspecified atom stereocenters. The number of rotatable bonds is 7. The largest absolute Gasteiger partial charge is 0.545 e. The fourth-order valence-corrected chi connectivity index (χ4v) is 3.61. The monoisotopic (exact) mass is 334 g/mol. The van der Waals surface area contributed by atoms with Crippen LogP contribution in [0.15, 0.2) is 12.1 Å². The molecule has 6 heteroatoms. The molecule has 2 N–H and O–H groups in total. The van der Waals surface area contributed by atoms with Gasteiger partial charge in [-0.05, 0) is 61.5 Å². The van der Waals surface area contributed by atoms with Crippen LogP contribution in [0.3, 0.4) is 0 Å². The molecular weight excluding hydrogens is 312 g/mol. The van der Waals surface area contributed by atoms with Crippen molar-refractivity contribution in [2.24, 2.45) is 11.8 Å². The molecule has 0 radical (unpaired) electrons. The first-order chi connectivity index (χ1) is 11.5. The molecule has 0 aliphatic heterocycles. The molecule has 0 atom stereocenters. The molecule has 1 aliphatic carbocycles. The fourth-order valence-electron chi connectivity index (χ4n) is 3.61. The second kappa shape index (κ2) is 8.26. The zero-order valence-corrected chi connectivity index (χ0v) is 13.5. The van der Waals surface area contributed by atoms with E-state index in [2.05, 4.69) is 0 Å². The Bertz CT molecular complexity index is 602. The van der Waals surface area contributed by atoms with E-state index in [1.54, 1.807) is 0 Å². The van der Waals surface area contributed by atoms with Crippen LogP contribution in [0.5, 0.6) is 0 Å². The third kappa shape index (κ3) is 4.13. The Morgan fingerprint density at radius 3 is 1.88 bits per heavy atom. The highest BCUT2D eigenvalue weighted by atomic mass is 16.4. The average molecular weight is 334 g/mol. The number of benzene rings is 1. The third-order valence-electron chi connectivity index (χ3n) is 4.95. The minimum atomic E-state index is -1.38. The Kier molecular flexibility index (Phi) is 6.34. The van der Waals surface area contributed by atoms with E-state index >= 15 is 0 Å². The summed E-state index contributed by atoms with van der Waals surface area (Å²) >= 11 is 0. The van der Waals surface area contributed by atoms with Gasteiger partial charge in [0.25, 0.3) is 0 Å². The molecule has 1 fully saturated rings. The lowest BCUT2D eigenvalue weighted by Crippen LogP contribution is -2.29. The van der Waals surface area contributed by atoms with Crippen molar-refractivity contribution in [3.63, 3.8) is 0 Å². The quantitative estimate of drug-likeness (QED) is 0.679. The van der Waals surface area contributed by atoms with Gasteiger partial charge in [-0.1, -0.05) is 12.1 Å². The van der Waals surface area contributed by atoms with Crippen LogP contribution in [-0.2, 0) is 12.8 Å². The molecule has 1 aromatic carbocycles. The molecule has 0 amide bonds. The van der Waals surface area contributed by atoms with Crippen molar-refractivity contribution in [1.82, 2.24) is 0 Å². The summed E-state index contributed by atoms with van der Waals surface area (Å²) in [6.45, 7) is -0.117. The SMILES string of the molecule is O=C([O-])c1ccc(C(=O)[O-])c(CC2CCC(CO)CC2)c1CCO. The van der Waals surface area contributed by atoms with Gasteiger partial charge in [-0.2, -0.15) is 0 Å². The molecule has 0 saturated heterocycles. The number of carbonyl (C=O) groups is 2. The molecule has 0 spiro atoms. The first-order valence-corrected chi connectivity index (χ1v) is 8.27. The van der Waals surface area contributed by atoms with Crippen molar-refractivity contribution < 1.29 is 30.0 Å². The smallest absolute Gasteiger partial charge is 0.0718 e. The summed E-state index contributed by atoms with van der Waals surface area (Å²) in [5.74, 6) is -2.22. The van der Waals surface area contributed by atoms with Gasteiger partial charge in [-0.15, -0.1) is 0 Å². The van der Waals surface area contributed by atoms with E-state index in [4.69, 9.17) is 0 Å². The van der Waals surface area contributed by atoms with Gasteiger partial charge < -0.3 is 30.0 Å². The van der Waals surface area contributed by atoms with E-state index in [1.807, 2.05) is 0 Å². The molecule has 1 saturated carbocycles. The standard InChI is InChI=1S/C18H24O6/c19-8-7-13-14(17(21)22)5-6-15(18(23)24)16(13)9-11-1-3-12(10-20)4-2-11/h5-6,11-12,19-20H,1-4,7-10H2,(H,21,22)(H,23,24)/p-2. The zero-order valence-electron chi connectivity index (χ0n) is 13.5. The minimum Gasteiger partial charge on any atom is -0.545 e. The molecule has 2 rings (SSSR count). The van der Waals surface area contributed by atoms with E-state index in [1.165, 1.54) is 12.1 Å². The topological polar surface area (TPSA) is 121 Å². The summed E-state index contributed by atoms with van der Waals surface area (Å²) in [7, 11) is 0. The van der Waals surface area contributed by atoms with E-state index in [0.29, 0.717) is 17.5 Å². The molecule has 6 nitrogen and oxygen atoms in total. The second-order valence-electron chi connectivity index (χ2n) is 6.44. The Morgan fingerprint density at radius 2 is 1.42 bits per heavy atom. The molecule has 24 heavy (non-hydrogen) atoms. The number of carbonyl (C=O) groups excluding carboxylic acids is 2. The summed E-state index contributed by atoms with van der Waals surface area (Å²) in [4.78, 5) is 22.8. The lowest BCUT2D eigenvalue weighted by atomic mass is 9.77. The van der Waals surface area contributed by atoms with Crippen molar-refractivity contribution >= 4 is 11.9 Å². The van der Waals surface area contributed by atoms with Crippen LogP contribution in [0.4, 0.5) is 0 Å². The highest BCUT2D eigenvalue weighted by molar-refractivity contribution is 5.93. The first kappa shape index (κ1) is 18.4. The van der Waals surface area contributed by atoms with E-state index < -0.39 is 11.9 Å². The molecular formula is C18H22O6-2. The van der Waals surface area contributed by atoms with Gasteiger partial charge in [0.2, 0.25) is 0 Å². The number of aliphatic hydroxyl groups excluding tert-OH is 2. The molecule has 0 bridgehead atoms. The van der Waals surface area contributed by atoms with Crippen molar-refractivity contribution in [3.8, 4) is 0 Å². The van der Waals surface area contributed by atoms with Crippen LogP contribution in [0, 0.1) is 11.8 Å². The van der Waals surface area contributed by atoms with Gasteiger partial charge in [0, 0.05) is 24.3 Å². The number of hydrogen-bond acceptors (Lipinski definition) is 6. The van der Waals surface area contributed by atoms with Gasteiger partial charge in [0.05, 0.1) is 11.9 Å². The molecule has 132 valence electrons. The summed E-state index contributed by atoms with van der Waals surface area (Å²) in [5.41, 5.74) is 0.655. The normalized spacial score (nSPS) is 20.8. The number of aliphatic hydroxyl groups is 2. The summed E-state index contributed by atoms with van der Waals surface area (Å²) < 4.78 is 0. The van der Waals surface area contributed by atoms with Gasteiger partial charge in [0.1, 0.15) is 0 Å². The fraction of sp³-hybridized carbons (Fsp3) is 0.556. The first-order valence-electron chi connectivity index (χ1n) is 8.27. The van der Waals surface area contributed by atoms with Crippen LogP contribution in [-0.4, -0.2) is 35.4 Å². The number of aromatic carboxylic acids is 2. The maximum atomic E-state index is 11.4. The lowest BCUT2D eigenvalue weighted by Gasteiger charge is -2.29. The maximum absolute atomic E-state index is 11.4. The second-order valence-corrected chi connectivity index (χ2v) is 6.44. The van der Waals surface area contributed by atoms with Gasteiger partial charge in [-0.25, -0.2) is 0 Å². The molecule has 1 aliphatic rings. The van der Waals surface area contributed by atoms with Crippen LogP contribution in [0.25, 0.3) is 0 Å². The average Bonchev–Trinajstić information content (AvgIpc) is 2.56. The van der Waals surface area contributed by atoms with Crippen LogP contribution in [0.2, 0.25) is 0 Å². The molecule has 0 aromatic heterocycles. The number of carboxylic acid groups (broad SMARTS) is 2. The highest BCUT2D eigenvalue weighted by Gasteiger charge is 2.24. The van der Waals surface area contributed by atoms with Crippen LogP contribution in [0.1, 0.15) is 57.5 Å². The highest BCUT2D eigenvalue weighted by Crippen LogP contribution is 2.33. The Hall–Kier alpha value is -1.92. The summed E-state index contributed by atoms with van der Waals surface area (Å²) in [5, 5.41) is 41.2. The van der Waals surface area contributed by atoms with Crippen molar-refractivity contribution in [2.75, 3.05) is 13.2 Å². The Labute approximate surface area is 140 Å². The van der Waals surface area contributed by atoms with Gasteiger partial charge in [-0.3, -0.25) is 0 Å². The molecule has 0 heterocycles. The lowest BCUT2D eigenvalue weighted by molar-refractivity contribution is -0.256. The number of hydrogen-bond donors (Lipinski definition) is 2. The van der Waals surface area contributed by atoms with E-state index in [0.717, 1.165) is 25.7 Å². The van der Waals surface area contributed by atoms with Crippen molar-refractivity contribution in [1.29, 1.82) is 0 Å². The summed E-state index contributed by atoms with van der Waals surface area (Å²) in [6, 6.07) is 2.45. The minimum absolute atomic E-state index is 0.0206. The van der Waals surface area contributed by atoms with Gasteiger partial charge >= 0.3 is 0 Å². The summed E-state index contributed by atoms with van der Waals surface area (Å²) in [6.07, 6.45) is 3.94. The van der Waals surface area contributed by atoms with Crippen LogP contribution < -0.4 is 10.2 Å². The van der Waals surface area contributed by atoms with Crippen LogP contribution >= 0.6 is 0 Å². The van der Waals surface area contributed by atoms with Crippen molar-refractivity contribution in [3.05, 3.63) is 34.4 Å². The third-order valence-corrected chi connectivity index (χ3v) is 4.95. The van der Waals surface area contributed by atoms with Crippen molar-refractivity contribution in [2.45, 2.75) is 38.5 Å². The Morgan fingerprint density at radius 1 is 0.917 bits per heavy atom.